The first-order valence-electron chi connectivity index (χ1n) is 7.21. The highest BCUT2D eigenvalue weighted by Crippen LogP contribution is 2.37. The van der Waals surface area contributed by atoms with E-state index in [4.69, 9.17) is 4.43 Å². The van der Waals surface area contributed by atoms with Crippen LogP contribution in [0.2, 0.25) is 18.1 Å². The predicted molar refractivity (Wildman–Crippen MR) is 88.0 cm³/mol. The van der Waals surface area contributed by atoms with E-state index in [1.165, 1.54) is 7.11 Å². The van der Waals surface area contributed by atoms with Crippen molar-refractivity contribution in [2.75, 3.05) is 13.7 Å². The number of rotatable bonds is 6. The summed E-state index contributed by atoms with van der Waals surface area (Å²) in [6, 6.07) is 8.02. The molecule has 0 aliphatic carbocycles. The first kappa shape index (κ1) is 17.7. The van der Waals surface area contributed by atoms with Crippen LogP contribution in [-0.2, 0) is 16.1 Å². The summed E-state index contributed by atoms with van der Waals surface area (Å²) in [6.45, 7) is 12.0. The minimum Gasteiger partial charge on any atom is -0.543 e. The molecule has 0 bridgehead atoms. The molecule has 0 unspecified atom stereocenters. The Balaban J connectivity index is 2.66. The Kier molecular flexibility index (Phi) is 5.98. The van der Waals surface area contributed by atoms with Gasteiger partial charge < -0.3 is 14.5 Å². The summed E-state index contributed by atoms with van der Waals surface area (Å²) in [5.74, 6) is 0.641. The van der Waals surface area contributed by atoms with E-state index in [2.05, 4.69) is 43.9 Å². The van der Waals surface area contributed by atoms with E-state index >= 15 is 0 Å². The van der Waals surface area contributed by atoms with Crippen molar-refractivity contribution >= 4 is 14.3 Å². The number of hydrogen-bond acceptors (Lipinski definition) is 4. The lowest BCUT2D eigenvalue weighted by Crippen LogP contribution is -2.43. The van der Waals surface area contributed by atoms with Gasteiger partial charge in [0.25, 0.3) is 0 Å². The van der Waals surface area contributed by atoms with Gasteiger partial charge in [0.15, 0.2) is 0 Å². The Morgan fingerprint density at radius 2 is 1.95 bits per heavy atom. The van der Waals surface area contributed by atoms with Gasteiger partial charge in [0.1, 0.15) is 5.75 Å². The van der Waals surface area contributed by atoms with Crippen LogP contribution in [0.3, 0.4) is 0 Å². The fourth-order valence-electron chi connectivity index (χ4n) is 1.55. The third-order valence-electron chi connectivity index (χ3n) is 3.90. The molecule has 0 atom stereocenters. The highest BCUT2D eigenvalue weighted by molar-refractivity contribution is 6.74. The third-order valence-corrected chi connectivity index (χ3v) is 8.26. The maximum absolute atomic E-state index is 11.1. The van der Waals surface area contributed by atoms with E-state index < -0.39 is 8.32 Å². The van der Waals surface area contributed by atoms with Crippen molar-refractivity contribution in [1.82, 2.24) is 5.32 Å². The lowest BCUT2D eigenvalue weighted by molar-refractivity contribution is -0.139. The first-order valence-corrected chi connectivity index (χ1v) is 10.1. The highest BCUT2D eigenvalue weighted by Gasteiger charge is 2.38. The first-order chi connectivity index (χ1) is 9.65. The maximum atomic E-state index is 11.1. The van der Waals surface area contributed by atoms with Gasteiger partial charge in [0, 0.05) is 6.54 Å². The Morgan fingerprint density at radius 1 is 1.29 bits per heavy atom. The predicted octanol–water partition coefficient (Wildman–Crippen LogP) is 3.33. The second-order valence-electron chi connectivity index (χ2n) is 6.69. The summed E-state index contributed by atoms with van der Waals surface area (Å²) in [5, 5.41) is 3.23. The zero-order chi connectivity index (χ0) is 16.1. The van der Waals surface area contributed by atoms with E-state index in [-0.39, 0.29) is 17.6 Å². The number of esters is 1. The third kappa shape index (κ3) is 5.51. The van der Waals surface area contributed by atoms with Crippen molar-refractivity contribution in [3.05, 3.63) is 29.8 Å². The van der Waals surface area contributed by atoms with Gasteiger partial charge in [0.2, 0.25) is 8.32 Å². The van der Waals surface area contributed by atoms with Crippen LogP contribution in [0.15, 0.2) is 24.3 Å². The number of ether oxygens (including phenoxy) is 1. The van der Waals surface area contributed by atoms with E-state index in [1.54, 1.807) is 0 Å². The maximum Gasteiger partial charge on any atom is 0.319 e. The summed E-state index contributed by atoms with van der Waals surface area (Å²) in [4.78, 5) is 11.1. The quantitative estimate of drug-likeness (QED) is 0.647. The standard InChI is InChI=1S/C16H27NO3Si/c1-16(2,3)21(5,6)20-14-9-7-8-13(10-14)11-17-12-15(18)19-4/h7-10,17H,11-12H2,1-6H3. The summed E-state index contributed by atoms with van der Waals surface area (Å²) in [5.41, 5.74) is 1.09. The molecule has 1 rings (SSSR count). The average Bonchev–Trinajstić information content (AvgIpc) is 2.37. The number of benzene rings is 1. The van der Waals surface area contributed by atoms with Gasteiger partial charge in [0.05, 0.1) is 13.7 Å². The zero-order valence-corrected chi connectivity index (χ0v) is 14.9. The Bertz CT molecular complexity index is 481. The summed E-state index contributed by atoms with van der Waals surface area (Å²) in [6.07, 6.45) is 0. The fourth-order valence-corrected chi connectivity index (χ4v) is 2.57. The van der Waals surface area contributed by atoms with Gasteiger partial charge in [-0.2, -0.15) is 0 Å². The van der Waals surface area contributed by atoms with Crippen LogP contribution in [-0.4, -0.2) is 27.9 Å². The molecular weight excluding hydrogens is 282 g/mol. The number of carbonyl (C=O) groups excluding carboxylic acids is 1. The summed E-state index contributed by atoms with van der Waals surface area (Å²) in [7, 11) is -0.432. The Morgan fingerprint density at radius 3 is 2.52 bits per heavy atom. The van der Waals surface area contributed by atoms with Crippen molar-refractivity contribution in [1.29, 1.82) is 0 Å². The molecule has 1 aromatic rings. The van der Waals surface area contributed by atoms with Gasteiger partial charge in [-0.3, -0.25) is 4.79 Å². The van der Waals surface area contributed by atoms with E-state index in [1.807, 2.05) is 24.3 Å². The fraction of sp³-hybridized carbons (Fsp3) is 0.562. The van der Waals surface area contributed by atoms with E-state index in [9.17, 15) is 4.79 Å². The molecule has 0 fully saturated rings. The van der Waals surface area contributed by atoms with Crippen molar-refractivity contribution in [3.8, 4) is 5.75 Å². The van der Waals surface area contributed by atoms with Crippen molar-refractivity contribution in [3.63, 3.8) is 0 Å². The molecule has 0 heterocycles. The van der Waals surface area contributed by atoms with Crippen LogP contribution in [0.25, 0.3) is 0 Å². The zero-order valence-electron chi connectivity index (χ0n) is 13.9. The second kappa shape index (κ2) is 7.09. The molecule has 0 spiro atoms. The summed E-state index contributed by atoms with van der Waals surface area (Å²) >= 11 is 0. The van der Waals surface area contributed by atoms with Gasteiger partial charge >= 0.3 is 5.97 Å². The molecule has 4 nitrogen and oxygen atoms in total. The normalized spacial score (nSPS) is 12.1. The van der Waals surface area contributed by atoms with Gasteiger partial charge in [-0.1, -0.05) is 32.9 Å². The van der Waals surface area contributed by atoms with Crippen molar-refractivity contribution in [2.45, 2.75) is 45.4 Å². The molecule has 21 heavy (non-hydrogen) atoms. The number of nitrogens with one attached hydrogen (secondary N) is 1. The minimum absolute atomic E-state index is 0.173. The topological polar surface area (TPSA) is 47.6 Å². The van der Waals surface area contributed by atoms with Crippen LogP contribution >= 0.6 is 0 Å². The molecule has 1 N–H and O–H groups in total. The van der Waals surface area contributed by atoms with Gasteiger partial charge in [-0.15, -0.1) is 0 Å². The monoisotopic (exact) mass is 309 g/mol. The minimum atomic E-state index is -1.82. The van der Waals surface area contributed by atoms with Crippen molar-refractivity contribution in [2.24, 2.45) is 0 Å². The van der Waals surface area contributed by atoms with Gasteiger partial charge in [-0.05, 0) is 35.8 Å². The molecule has 0 aliphatic rings. The molecule has 0 saturated heterocycles. The average molecular weight is 309 g/mol. The molecular formula is C16H27NO3Si. The molecule has 0 saturated carbocycles. The van der Waals surface area contributed by atoms with Crippen molar-refractivity contribution < 1.29 is 14.0 Å². The number of carbonyl (C=O) groups is 1. The van der Waals surface area contributed by atoms with Crippen LogP contribution in [0.5, 0.6) is 5.75 Å². The summed E-state index contributed by atoms with van der Waals surface area (Å²) < 4.78 is 10.9. The molecule has 0 aliphatic heterocycles. The molecule has 0 aromatic heterocycles. The van der Waals surface area contributed by atoms with Crippen LogP contribution in [0, 0.1) is 0 Å². The molecule has 0 radical (unpaired) electrons. The molecule has 5 heteroatoms. The van der Waals surface area contributed by atoms with Crippen LogP contribution in [0.1, 0.15) is 26.3 Å². The van der Waals surface area contributed by atoms with Crippen LogP contribution in [0.4, 0.5) is 0 Å². The van der Waals surface area contributed by atoms with E-state index in [0.29, 0.717) is 6.54 Å². The van der Waals surface area contributed by atoms with Gasteiger partial charge in [-0.25, -0.2) is 0 Å². The lowest BCUT2D eigenvalue weighted by atomic mass is 10.2. The second-order valence-corrected chi connectivity index (χ2v) is 11.4. The highest BCUT2D eigenvalue weighted by atomic mass is 28.4. The largest absolute Gasteiger partial charge is 0.543 e. The Hall–Kier alpha value is -1.33. The van der Waals surface area contributed by atoms with Crippen LogP contribution < -0.4 is 9.74 Å². The SMILES string of the molecule is COC(=O)CNCc1cccc(O[Si](C)(C)C(C)(C)C)c1. The molecule has 1 aromatic carbocycles. The number of methoxy groups -OCH3 is 1. The molecule has 118 valence electrons. The molecule has 0 amide bonds. The Labute approximate surface area is 129 Å². The number of hydrogen-bond donors (Lipinski definition) is 1. The van der Waals surface area contributed by atoms with E-state index in [0.717, 1.165) is 11.3 Å². The smallest absolute Gasteiger partial charge is 0.319 e. The lowest BCUT2D eigenvalue weighted by Gasteiger charge is -2.36.